The van der Waals surface area contributed by atoms with Crippen molar-refractivity contribution in [3.05, 3.63) is 28.8 Å². The highest BCUT2D eigenvalue weighted by atomic mass is 35.5. The Balaban J connectivity index is 1.52. The van der Waals surface area contributed by atoms with Gasteiger partial charge in [0.25, 0.3) is 0 Å². The number of benzene rings is 1. The van der Waals surface area contributed by atoms with Gasteiger partial charge in [0, 0.05) is 30.6 Å². The summed E-state index contributed by atoms with van der Waals surface area (Å²) in [6, 6.07) is 3.19. The highest BCUT2D eigenvalue weighted by Gasteiger charge is 2.35. The third-order valence-corrected chi connectivity index (χ3v) is 6.33. The third-order valence-electron chi connectivity index (χ3n) is 6.10. The Morgan fingerprint density at radius 2 is 1.80 bits per heavy atom. The summed E-state index contributed by atoms with van der Waals surface area (Å²) in [4.78, 5) is 26.9. The first kappa shape index (κ1) is 22.9. The molecule has 1 aliphatic heterocycles. The fourth-order valence-electron chi connectivity index (χ4n) is 4.38. The molecule has 0 aromatic heterocycles. The SMILES string of the molecule is N[C@@H]1CCCC[C@H]1C(=O)N1CCC(CC(=O)Nc2ccc(Cl)cc2C(F)(F)F)CC1. The maximum Gasteiger partial charge on any atom is 0.418 e. The first-order valence-corrected chi connectivity index (χ1v) is 10.7. The number of alkyl halides is 3. The van der Waals surface area contributed by atoms with Crippen LogP contribution < -0.4 is 11.1 Å². The molecule has 1 heterocycles. The summed E-state index contributed by atoms with van der Waals surface area (Å²) in [6.45, 7) is 1.10. The number of anilines is 1. The van der Waals surface area contributed by atoms with Gasteiger partial charge < -0.3 is 16.0 Å². The van der Waals surface area contributed by atoms with Crippen molar-refractivity contribution in [2.75, 3.05) is 18.4 Å². The third kappa shape index (κ3) is 5.66. The Hall–Kier alpha value is -1.80. The van der Waals surface area contributed by atoms with Crippen molar-refractivity contribution >= 4 is 29.1 Å². The second-order valence-corrected chi connectivity index (χ2v) is 8.70. The lowest BCUT2D eigenvalue weighted by molar-refractivity contribution is -0.138. The number of piperidine rings is 1. The maximum absolute atomic E-state index is 13.2. The van der Waals surface area contributed by atoms with Gasteiger partial charge in [-0.15, -0.1) is 0 Å². The first-order chi connectivity index (χ1) is 14.1. The summed E-state index contributed by atoms with van der Waals surface area (Å²) in [7, 11) is 0. The van der Waals surface area contributed by atoms with Crippen molar-refractivity contribution in [2.45, 2.75) is 57.2 Å². The van der Waals surface area contributed by atoms with Crippen molar-refractivity contribution in [3.8, 4) is 0 Å². The summed E-state index contributed by atoms with van der Waals surface area (Å²) in [5.74, 6) is -0.469. The molecule has 1 aromatic rings. The van der Waals surface area contributed by atoms with Gasteiger partial charge in [-0.2, -0.15) is 13.2 Å². The van der Waals surface area contributed by atoms with Crippen molar-refractivity contribution in [1.29, 1.82) is 0 Å². The van der Waals surface area contributed by atoms with Crippen LogP contribution in [0.4, 0.5) is 18.9 Å². The molecule has 2 aliphatic rings. The fourth-order valence-corrected chi connectivity index (χ4v) is 4.55. The molecule has 3 rings (SSSR count). The van der Waals surface area contributed by atoms with E-state index >= 15 is 0 Å². The normalized spacial score (nSPS) is 23.3. The number of hydrogen-bond donors (Lipinski definition) is 2. The number of rotatable bonds is 4. The molecule has 1 aromatic carbocycles. The monoisotopic (exact) mass is 445 g/mol. The summed E-state index contributed by atoms with van der Waals surface area (Å²) in [6.07, 6.45) is 0.575. The van der Waals surface area contributed by atoms with Crippen LogP contribution in [0.25, 0.3) is 0 Å². The average molecular weight is 446 g/mol. The topological polar surface area (TPSA) is 75.4 Å². The standard InChI is InChI=1S/C21H27ClF3N3O2/c22-14-5-6-18(16(12-14)21(23,24)25)27-19(29)11-13-7-9-28(10-8-13)20(30)15-3-1-2-4-17(15)26/h5-6,12-13,15,17H,1-4,7-11,26H2,(H,27,29)/t15-,17-/m1/s1. The van der Waals surface area contributed by atoms with E-state index in [4.69, 9.17) is 17.3 Å². The molecule has 0 radical (unpaired) electrons. The van der Waals surface area contributed by atoms with E-state index in [1.165, 1.54) is 6.07 Å². The minimum atomic E-state index is -4.61. The van der Waals surface area contributed by atoms with E-state index in [1.54, 1.807) is 0 Å². The molecule has 1 saturated heterocycles. The van der Waals surface area contributed by atoms with Crippen molar-refractivity contribution in [2.24, 2.45) is 17.6 Å². The molecule has 0 unspecified atom stereocenters. The average Bonchev–Trinajstić information content (AvgIpc) is 2.69. The molecule has 166 valence electrons. The zero-order chi connectivity index (χ0) is 21.9. The van der Waals surface area contributed by atoms with Crippen LogP contribution in [-0.2, 0) is 15.8 Å². The van der Waals surface area contributed by atoms with Gasteiger partial charge in [-0.1, -0.05) is 24.4 Å². The van der Waals surface area contributed by atoms with Gasteiger partial charge in [-0.25, -0.2) is 0 Å². The van der Waals surface area contributed by atoms with Gasteiger partial charge in [0.2, 0.25) is 11.8 Å². The number of carbonyl (C=O) groups excluding carboxylic acids is 2. The Bertz CT molecular complexity index is 779. The second kappa shape index (κ2) is 9.56. The molecule has 0 spiro atoms. The maximum atomic E-state index is 13.2. The smallest absolute Gasteiger partial charge is 0.342 e. The van der Waals surface area contributed by atoms with E-state index in [2.05, 4.69) is 5.32 Å². The molecule has 2 atom stereocenters. The van der Waals surface area contributed by atoms with E-state index in [1.807, 2.05) is 4.90 Å². The van der Waals surface area contributed by atoms with Gasteiger partial charge in [-0.05, 0) is 49.8 Å². The van der Waals surface area contributed by atoms with Crippen LogP contribution in [0.15, 0.2) is 18.2 Å². The Kier molecular flexibility index (Phi) is 7.29. The predicted octanol–water partition coefficient (Wildman–Crippen LogP) is 4.44. The summed E-state index contributed by atoms with van der Waals surface area (Å²) in [5.41, 5.74) is 4.86. The van der Waals surface area contributed by atoms with E-state index in [0.29, 0.717) is 25.9 Å². The van der Waals surface area contributed by atoms with Crippen molar-refractivity contribution in [3.63, 3.8) is 0 Å². The fraction of sp³-hybridized carbons (Fsp3) is 0.619. The van der Waals surface area contributed by atoms with E-state index in [0.717, 1.165) is 37.8 Å². The summed E-state index contributed by atoms with van der Waals surface area (Å²) >= 11 is 5.67. The molecule has 30 heavy (non-hydrogen) atoms. The van der Waals surface area contributed by atoms with Gasteiger partial charge in [-0.3, -0.25) is 9.59 Å². The number of carbonyl (C=O) groups is 2. The molecule has 0 bridgehead atoms. The zero-order valence-corrected chi connectivity index (χ0v) is 17.4. The lowest BCUT2D eigenvalue weighted by Crippen LogP contribution is -2.48. The van der Waals surface area contributed by atoms with Gasteiger partial charge >= 0.3 is 6.18 Å². The molecule has 1 aliphatic carbocycles. The van der Waals surface area contributed by atoms with Crippen LogP contribution in [0.5, 0.6) is 0 Å². The number of nitrogens with zero attached hydrogens (tertiary/aromatic N) is 1. The number of amides is 2. The Morgan fingerprint density at radius 1 is 1.13 bits per heavy atom. The molecular weight excluding hydrogens is 419 g/mol. The highest BCUT2D eigenvalue weighted by Crippen LogP contribution is 2.37. The minimum absolute atomic E-state index is 0.0238. The molecule has 2 amide bonds. The molecule has 3 N–H and O–H groups in total. The molecular formula is C21H27ClF3N3O2. The van der Waals surface area contributed by atoms with Crippen LogP contribution in [0.1, 0.15) is 50.5 Å². The molecule has 1 saturated carbocycles. The van der Waals surface area contributed by atoms with Crippen LogP contribution in [0.2, 0.25) is 5.02 Å². The van der Waals surface area contributed by atoms with Crippen LogP contribution >= 0.6 is 11.6 Å². The lowest BCUT2D eigenvalue weighted by Gasteiger charge is -2.37. The lowest BCUT2D eigenvalue weighted by atomic mass is 9.83. The summed E-state index contributed by atoms with van der Waals surface area (Å²) < 4.78 is 39.5. The Labute approximate surface area is 179 Å². The number of nitrogens with one attached hydrogen (secondary N) is 1. The van der Waals surface area contributed by atoms with Crippen LogP contribution in [0, 0.1) is 11.8 Å². The largest absolute Gasteiger partial charge is 0.418 e. The zero-order valence-electron chi connectivity index (χ0n) is 16.7. The number of hydrogen-bond acceptors (Lipinski definition) is 3. The number of halogens is 4. The van der Waals surface area contributed by atoms with Gasteiger partial charge in [0.1, 0.15) is 0 Å². The molecule has 5 nitrogen and oxygen atoms in total. The number of nitrogens with two attached hydrogens (primary N) is 1. The van der Waals surface area contributed by atoms with E-state index in [-0.39, 0.29) is 40.9 Å². The van der Waals surface area contributed by atoms with E-state index < -0.39 is 17.6 Å². The van der Waals surface area contributed by atoms with Crippen molar-refractivity contribution in [1.82, 2.24) is 4.90 Å². The van der Waals surface area contributed by atoms with Crippen LogP contribution in [-0.4, -0.2) is 35.8 Å². The van der Waals surface area contributed by atoms with Gasteiger partial charge in [0.15, 0.2) is 0 Å². The molecule has 9 heteroatoms. The van der Waals surface area contributed by atoms with Crippen LogP contribution in [0.3, 0.4) is 0 Å². The second-order valence-electron chi connectivity index (χ2n) is 8.26. The molecule has 2 fully saturated rings. The van der Waals surface area contributed by atoms with Crippen molar-refractivity contribution < 1.29 is 22.8 Å². The minimum Gasteiger partial charge on any atom is -0.342 e. The van der Waals surface area contributed by atoms with E-state index in [9.17, 15) is 22.8 Å². The first-order valence-electron chi connectivity index (χ1n) is 10.4. The quantitative estimate of drug-likeness (QED) is 0.719. The number of likely N-dealkylation sites (tertiary alicyclic amines) is 1. The van der Waals surface area contributed by atoms with Gasteiger partial charge in [0.05, 0.1) is 17.2 Å². The highest BCUT2D eigenvalue weighted by molar-refractivity contribution is 6.30. The predicted molar refractivity (Wildman–Crippen MR) is 109 cm³/mol. The summed E-state index contributed by atoms with van der Waals surface area (Å²) in [5, 5.41) is 2.32. The Morgan fingerprint density at radius 3 is 2.43 bits per heavy atom.